The van der Waals surface area contributed by atoms with Crippen LogP contribution in [0.5, 0.6) is 0 Å². The summed E-state index contributed by atoms with van der Waals surface area (Å²) in [6, 6.07) is 11.8. The first-order valence-electron chi connectivity index (χ1n) is 15.2. The van der Waals surface area contributed by atoms with Crippen molar-refractivity contribution in [2.45, 2.75) is 114 Å². The van der Waals surface area contributed by atoms with E-state index in [1.165, 1.54) is 49.7 Å². The van der Waals surface area contributed by atoms with Crippen LogP contribution in [-0.4, -0.2) is 31.4 Å². The predicted octanol–water partition coefficient (Wildman–Crippen LogP) is 10.8. The summed E-state index contributed by atoms with van der Waals surface area (Å²) in [6.45, 7) is 19.3. The number of ketones is 1. The van der Waals surface area contributed by atoms with E-state index >= 15 is 0 Å². The van der Waals surface area contributed by atoms with E-state index < -0.39 is 6.43 Å². The van der Waals surface area contributed by atoms with Crippen molar-refractivity contribution in [1.29, 1.82) is 10.8 Å². The first-order valence-corrected chi connectivity index (χ1v) is 15.2. The van der Waals surface area contributed by atoms with Gasteiger partial charge in [0.15, 0.2) is 5.78 Å². The minimum Gasteiger partial charge on any atom is -0.313 e. The Morgan fingerprint density at radius 3 is 1.79 bits per heavy atom. The Hall–Kier alpha value is -2.80. The summed E-state index contributed by atoms with van der Waals surface area (Å²) in [5.41, 5.74) is 4.37. The number of aryl methyl sites for hydroxylation is 2. The van der Waals surface area contributed by atoms with Crippen molar-refractivity contribution in [3.05, 3.63) is 69.8 Å². The summed E-state index contributed by atoms with van der Waals surface area (Å²) in [4.78, 5) is 11.8. The molecule has 1 unspecified atom stereocenters. The van der Waals surface area contributed by atoms with E-state index in [9.17, 15) is 18.0 Å². The van der Waals surface area contributed by atoms with Crippen molar-refractivity contribution >= 4 is 18.2 Å². The summed E-state index contributed by atoms with van der Waals surface area (Å²) in [7, 11) is 0. The van der Waals surface area contributed by atoms with Crippen molar-refractivity contribution < 1.29 is 18.0 Å². The van der Waals surface area contributed by atoms with Crippen LogP contribution in [0.1, 0.15) is 132 Å². The van der Waals surface area contributed by atoms with Crippen LogP contribution in [-0.2, 0) is 6.42 Å². The maximum atomic E-state index is 13.3. The molecule has 3 rings (SSSR count). The molecule has 2 aromatic carbocycles. The smallest absolute Gasteiger partial charge is 0.264 e. The Balaban J connectivity index is -0.000000621. The number of alkyl halides is 3. The van der Waals surface area contributed by atoms with Crippen LogP contribution in [0.15, 0.2) is 36.4 Å². The summed E-state index contributed by atoms with van der Waals surface area (Å²) >= 11 is 0. The predicted molar refractivity (Wildman–Crippen MR) is 177 cm³/mol. The molecule has 0 aliphatic heterocycles. The van der Waals surface area contributed by atoms with Gasteiger partial charge >= 0.3 is 0 Å². The molecule has 240 valence electrons. The Morgan fingerprint density at radius 2 is 1.50 bits per heavy atom. The highest BCUT2D eigenvalue weighted by Gasteiger charge is 2.22. The molecule has 3 N–H and O–H groups in total. The van der Waals surface area contributed by atoms with Crippen molar-refractivity contribution in [2.75, 3.05) is 13.2 Å². The Morgan fingerprint density at radius 1 is 1.02 bits per heavy atom. The SMILES string of the molecule is CC.CC=N.CC=N.CCCF.CCc1c(C(C)=O)cc(C(C)NCC2CCC2)cc1C(F)F.Cc1cccc(C)c1. The number of nitrogens with one attached hydrogen (secondary N) is 3. The van der Waals surface area contributed by atoms with Gasteiger partial charge in [-0.15, -0.1) is 0 Å². The van der Waals surface area contributed by atoms with Gasteiger partial charge in [-0.25, -0.2) is 8.78 Å². The zero-order chi connectivity index (χ0) is 33.1. The second-order valence-corrected chi connectivity index (χ2v) is 9.70. The third-order valence-corrected chi connectivity index (χ3v) is 6.07. The number of hydrogen-bond donors (Lipinski definition) is 3. The lowest BCUT2D eigenvalue weighted by Gasteiger charge is -2.28. The number of rotatable bonds is 8. The fourth-order valence-corrected chi connectivity index (χ4v) is 3.84. The van der Waals surface area contributed by atoms with Gasteiger partial charge in [0.05, 0.1) is 6.67 Å². The van der Waals surface area contributed by atoms with E-state index in [0.29, 0.717) is 29.9 Å². The molecule has 1 atom stereocenters. The minimum atomic E-state index is -2.55. The molecule has 0 bridgehead atoms. The Kier molecular flexibility index (Phi) is 29.4. The zero-order valence-electron chi connectivity index (χ0n) is 27.8. The van der Waals surface area contributed by atoms with Gasteiger partial charge in [-0.05, 0) is 115 Å². The monoisotopic (exact) mass is 593 g/mol. The van der Waals surface area contributed by atoms with Crippen LogP contribution >= 0.6 is 0 Å². The first kappa shape index (κ1) is 43.7. The molecule has 0 radical (unpaired) electrons. The number of benzene rings is 2. The van der Waals surface area contributed by atoms with Crippen LogP contribution in [0.4, 0.5) is 13.2 Å². The quantitative estimate of drug-likeness (QED) is 0.210. The molecule has 0 heterocycles. The summed E-state index contributed by atoms with van der Waals surface area (Å²) in [6.07, 6.45) is 4.83. The highest BCUT2D eigenvalue weighted by Crippen LogP contribution is 2.31. The van der Waals surface area contributed by atoms with Crippen molar-refractivity contribution in [2.24, 2.45) is 5.92 Å². The van der Waals surface area contributed by atoms with Gasteiger partial charge in [0.1, 0.15) is 0 Å². The van der Waals surface area contributed by atoms with Gasteiger partial charge in [-0.1, -0.05) is 69.5 Å². The van der Waals surface area contributed by atoms with Crippen molar-refractivity contribution in [3.8, 4) is 0 Å². The van der Waals surface area contributed by atoms with Crippen LogP contribution in [0.2, 0.25) is 0 Å². The Bertz CT molecular complexity index is 951. The summed E-state index contributed by atoms with van der Waals surface area (Å²) < 4.78 is 37.4. The lowest BCUT2D eigenvalue weighted by molar-refractivity contribution is 0.101. The molecule has 0 aromatic heterocycles. The lowest BCUT2D eigenvalue weighted by atomic mass is 9.85. The standard InChI is InChI=1S/C18H25F2NO.C8H10.C3H7F.2C2H5N.C2H6/c1-4-15-16(12(3)22)8-14(9-17(15)18(19)20)11(2)21-10-13-6-5-7-13;1-7-4-3-5-8(2)6-7;1-2-3-4;2*1-2-3;1-2/h8-9,11,13,18,21H,4-7,10H2,1-3H3;3-6H,1-2H3;2-3H2,1H3;2*2-3H,1H3;1-2H3. The molecule has 7 heteroatoms. The molecule has 0 spiro atoms. The highest BCUT2D eigenvalue weighted by atomic mass is 19.3. The van der Waals surface area contributed by atoms with E-state index in [1.54, 1.807) is 32.9 Å². The number of halogens is 3. The average molecular weight is 594 g/mol. The molecule has 0 amide bonds. The third-order valence-electron chi connectivity index (χ3n) is 6.07. The van der Waals surface area contributed by atoms with E-state index in [-0.39, 0.29) is 24.1 Å². The normalized spacial score (nSPS) is 12.0. The molecule has 1 aliphatic carbocycles. The number of hydrogen-bond acceptors (Lipinski definition) is 4. The lowest BCUT2D eigenvalue weighted by Crippen LogP contribution is -2.29. The molecule has 42 heavy (non-hydrogen) atoms. The maximum Gasteiger partial charge on any atom is 0.264 e. The number of Topliss-reactive ketones (excluding diaryl/α,β-unsaturated/α-hetero) is 1. The second kappa shape index (κ2) is 28.3. The topological polar surface area (TPSA) is 76.8 Å². The van der Waals surface area contributed by atoms with E-state index in [0.717, 1.165) is 12.1 Å². The fourth-order valence-electron chi connectivity index (χ4n) is 3.84. The van der Waals surface area contributed by atoms with Gasteiger partial charge < -0.3 is 16.1 Å². The maximum absolute atomic E-state index is 13.3. The molecular weight excluding hydrogens is 535 g/mol. The van der Waals surface area contributed by atoms with Gasteiger partial charge in [0, 0.05) is 17.2 Å². The summed E-state index contributed by atoms with van der Waals surface area (Å²) in [5, 5.41) is 15.6. The van der Waals surface area contributed by atoms with E-state index in [2.05, 4.69) is 43.4 Å². The van der Waals surface area contributed by atoms with Gasteiger partial charge in [-0.2, -0.15) is 0 Å². The molecule has 0 saturated heterocycles. The van der Waals surface area contributed by atoms with Crippen LogP contribution in [0, 0.1) is 30.6 Å². The van der Waals surface area contributed by atoms with Crippen LogP contribution in [0.3, 0.4) is 0 Å². The first-order chi connectivity index (χ1) is 20.0. The average Bonchev–Trinajstić information content (AvgIpc) is 2.93. The van der Waals surface area contributed by atoms with Crippen molar-refractivity contribution in [1.82, 2.24) is 5.32 Å². The van der Waals surface area contributed by atoms with E-state index in [4.69, 9.17) is 10.8 Å². The highest BCUT2D eigenvalue weighted by molar-refractivity contribution is 5.96. The molecule has 1 saturated carbocycles. The minimum absolute atomic E-state index is 0.00231. The largest absolute Gasteiger partial charge is 0.313 e. The van der Waals surface area contributed by atoms with Crippen LogP contribution in [0.25, 0.3) is 0 Å². The molecule has 2 aromatic rings. The number of carbonyl (C=O) groups is 1. The molecule has 1 aliphatic rings. The molecular formula is C35H58F3N3O. The van der Waals surface area contributed by atoms with Gasteiger partial charge in [0.25, 0.3) is 6.43 Å². The Labute approximate surface area is 254 Å². The fraction of sp³-hybridized carbons (Fsp3) is 0.571. The van der Waals surface area contributed by atoms with Crippen LogP contribution < -0.4 is 5.32 Å². The van der Waals surface area contributed by atoms with Crippen molar-refractivity contribution in [3.63, 3.8) is 0 Å². The van der Waals surface area contributed by atoms with Gasteiger partial charge in [0.2, 0.25) is 0 Å². The van der Waals surface area contributed by atoms with E-state index in [1.807, 2.05) is 27.7 Å². The molecule has 1 fully saturated rings. The summed E-state index contributed by atoms with van der Waals surface area (Å²) in [5.74, 6) is 0.561. The number of carbonyl (C=O) groups excluding carboxylic acids is 1. The van der Waals surface area contributed by atoms with Gasteiger partial charge in [-0.3, -0.25) is 9.18 Å². The molecule has 4 nitrogen and oxygen atoms in total. The zero-order valence-corrected chi connectivity index (χ0v) is 27.8. The third kappa shape index (κ3) is 20.1. The second-order valence-electron chi connectivity index (χ2n) is 9.70.